The van der Waals surface area contributed by atoms with E-state index in [-0.39, 0.29) is 35.5 Å². The normalized spacial score (nSPS) is 12.0. The third kappa shape index (κ3) is 10.0. The Morgan fingerprint density at radius 1 is 1.12 bits per heavy atom. The molecule has 0 aliphatic heterocycles. The Hall–Kier alpha value is -0.830. The van der Waals surface area contributed by atoms with Crippen LogP contribution in [-0.4, -0.2) is 46.0 Å². The number of nitrogens with one attached hydrogen (secondary N) is 2. The van der Waals surface area contributed by atoms with Crippen molar-refractivity contribution in [3.63, 3.8) is 0 Å². The predicted octanol–water partition coefficient (Wildman–Crippen LogP) is 2.96. The molecule has 144 valence electrons. The highest BCUT2D eigenvalue weighted by molar-refractivity contribution is 14.0. The average molecular weight is 481 g/mol. The Bertz CT molecular complexity index is 614. The summed E-state index contributed by atoms with van der Waals surface area (Å²) in [6.45, 7) is 7.24. The Labute approximate surface area is 170 Å². The van der Waals surface area contributed by atoms with Gasteiger partial charge >= 0.3 is 0 Å². The molecule has 0 aliphatic rings. The number of aryl methyl sites for hydroxylation is 1. The van der Waals surface area contributed by atoms with Crippen LogP contribution in [0.5, 0.6) is 0 Å². The summed E-state index contributed by atoms with van der Waals surface area (Å²) < 4.78 is 22.9. The fraction of sp³-hybridized carbons (Fsp3) is 0.611. The van der Waals surface area contributed by atoms with Gasteiger partial charge in [-0.25, -0.2) is 8.42 Å². The Morgan fingerprint density at radius 3 is 2.24 bits per heavy atom. The molecule has 0 heterocycles. The van der Waals surface area contributed by atoms with E-state index in [9.17, 15) is 8.42 Å². The molecule has 1 rings (SSSR count). The lowest BCUT2D eigenvalue weighted by molar-refractivity contribution is 0.595. The van der Waals surface area contributed by atoms with E-state index in [1.165, 1.54) is 11.1 Å². The number of aliphatic imine (C=N–C) groups is 1. The van der Waals surface area contributed by atoms with Gasteiger partial charge in [-0.3, -0.25) is 4.99 Å². The van der Waals surface area contributed by atoms with Crippen molar-refractivity contribution in [2.45, 2.75) is 39.5 Å². The van der Waals surface area contributed by atoms with Crippen LogP contribution in [0.1, 0.15) is 44.2 Å². The molecule has 7 heteroatoms. The van der Waals surface area contributed by atoms with Crippen LogP contribution in [-0.2, 0) is 16.3 Å². The van der Waals surface area contributed by atoms with E-state index in [1.807, 2.05) is 0 Å². The maximum absolute atomic E-state index is 11.5. The number of sulfone groups is 1. The molecule has 1 aromatic rings. The second-order valence-corrected chi connectivity index (χ2v) is 8.63. The number of benzene rings is 1. The lowest BCUT2D eigenvalue weighted by Crippen LogP contribution is -2.40. The van der Waals surface area contributed by atoms with Crippen LogP contribution >= 0.6 is 24.0 Å². The van der Waals surface area contributed by atoms with E-state index >= 15 is 0 Å². The van der Waals surface area contributed by atoms with Gasteiger partial charge in [0.05, 0.1) is 5.75 Å². The first kappa shape index (κ1) is 24.2. The first-order chi connectivity index (χ1) is 11.4. The number of guanidine groups is 1. The first-order valence-corrected chi connectivity index (χ1v) is 10.4. The van der Waals surface area contributed by atoms with Crippen molar-refractivity contribution < 1.29 is 8.42 Å². The monoisotopic (exact) mass is 481 g/mol. The fourth-order valence-electron chi connectivity index (χ4n) is 2.26. The van der Waals surface area contributed by atoms with E-state index in [0.29, 0.717) is 18.4 Å². The van der Waals surface area contributed by atoms with Crippen molar-refractivity contribution in [3.05, 3.63) is 35.4 Å². The van der Waals surface area contributed by atoms with E-state index in [1.54, 1.807) is 14.0 Å². The van der Waals surface area contributed by atoms with Gasteiger partial charge in [-0.1, -0.05) is 45.0 Å². The zero-order valence-corrected chi connectivity index (χ0v) is 18.9. The molecular formula is C18H32IN3O2S. The topological polar surface area (TPSA) is 70.6 Å². The molecule has 0 atom stereocenters. The van der Waals surface area contributed by atoms with Crippen LogP contribution < -0.4 is 10.6 Å². The molecule has 1 aromatic carbocycles. The average Bonchev–Trinajstić information content (AvgIpc) is 2.57. The smallest absolute Gasteiger partial charge is 0.191 e. The standard InChI is InChI=1S/C18H31N3O2S.HI/c1-5-24(22,23)14-13-21-18(19-4)20-12-6-7-16-8-10-17(11-9-16)15(2)3;/h8-11,15H,5-7,12-14H2,1-4H3,(H2,19,20,21);1H. The second-order valence-electron chi connectivity index (χ2n) is 6.16. The number of hydrogen-bond donors (Lipinski definition) is 2. The number of rotatable bonds is 9. The van der Waals surface area contributed by atoms with Gasteiger partial charge in [-0.05, 0) is 29.9 Å². The molecule has 0 unspecified atom stereocenters. The van der Waals surface area contributed by atoms with Gasteiger partial charge in [0.1, 0.15) is 0 Å². The van der Waals surface area contributed by atoms with E-state index in [4.69, 9.17) is 0 Å². The third-order valence-corrected chi connectivity index (χ3v) is 5.66. The minimum absolute atomic E-state index is 0. The number of hydrogen-bond acceptors (Lipinski definition) is 3. The summed E-state index contributed by atoms with van der Waals surface area (Å²) in [5.74, 6) is 1.52. The van der Waals surface area contributed by atoms with Gasteiger partial charge < -0.3 is 10.6 Å². The summed E-state index contributed by atoms with van der Waals surface area (Å²) in [4.78, 5) is 4.11. The maximum atomic E-state index is 11.5. The van der Waals surface area contributed by atoms with Gasteiger partial charge in [-0.15, -0.1) is 24.0 Å². The van der Waals surface area contributed by atoms with E-state index in [0.717, 1.165) is 19.4 Å². The Morgan fingerprint density at radius 2 is 1.72 bits per heavy atom. The minimum atomic E-state index is -2.94. The van der Waals surface area contributed by atoms with Gasteiger partial charge in [0.15, 0.2) is 15.8 Å². The molecule has 0 aromatic heterocycles. The minimum Gasteiger partial charge on any atom is -0.356 e. The summed E-state index contributed by atoms with van der Waals surface area (Å²) in [7, 11) is -1.25. The maximum Gasteiger partial charge on any atom is 0.191 e. The summed E-state index contributed by atoms with van der Waals surface area (Å²) in [5, 5.41) is 6.26. The van der Waals surface area contributed by atoms with Gasteiger partial charge in [-0.2, -0.15) is 0 Å². The molecule has 0 saturated heterocycles. The quantitative estimate of drug-likeness (QED) is 0.246. The van der Waals surface area contributed by atoms with Gasteiger partial charge in [0.25, 0.3) is 0 Å². The summed E-state index contributed by atoms with van der Waals surface area (Å²) in [6.07, 6.45) is 2.00. The van der Waals surface area contributed by atoms with Crippen LogP contribution in [0.25, 0.3) is 0 Å². The third-order valence-electron chi connectivity index (χ3n) is 3.95. The van der Waals surface area contributed by atoms with Gasteiger partial charge in [0, 0.05) is 25.9 Å². The van der Waals surface area contributed by atoms with Gasteiger partial charge in [0.2, 0.25) is 0 Å². The molecule has 0 spiro atoms. The molecular weight excluding hydrogens is 449 g/mol. The lowest BCUT2D eigenvalue weighted by Gasteiger charge is -2.12. The molecule has 0 saturated carbocycles. The fourth-order valence-corrected chi connectivity index (χ4v) is 2.96. The second kappa shape index (κ2) is 12.5. The van der Waals surface area contributed by atoms with E-state index < -0.39 is 9.84 Å². The van der Waals surface area contributed by atoms with Crippen LogP contribution in [0, 0.1) is 0 Å². The van der Waals surface area contributed by atoms with Crippen molar-refractivity contribution in [2.75, 3.05) is 31.6 Å². The predicted molar refractivity (Wildman–Crippen MR) is 118 cm³/mol. The summed E-state index contributed by atoms with van der Waals surface area (Å²) in [5.41, 5.74) is 2.70. The Balaban J connectivity index is 0.00000576. The molecule has 0 aliphatic carbocycles. The van der Waals surface area contributed by atoms with Crippen LogP contribution in [0.2, 0.25) is 0 Å². The molecule has 0 amide bonds. The molecule has 0 bridgehead atoms. The molecule has 25 heavy (non-hydrogen) atoms. The van der Waals surface area contributed by atoms with Crippen LogP contribution in [0.15, 0.2) is 29.3 Å². The van der Waals surface area contributed by atoms with Crippen molar-refractivity contribution in [1.82, 2.24) is 10.6 Å². The molecule has 2 N–H and O–H groups in total. The zero-order valence-electron chi connectivity index (χ0n) is 15.7. The molecule has 0 radical (unpaired) electrons. The van der Waals surface area contributed by atoms with E-state index in [2.05, 4.69) is 53.7 Å². The molecule has 0 fully saturated rings. The summed E-state index contributed by atoms with van der Waals surface area (Å²) >= 11 is 0. The first-order valence-electron chi connectivity index (χ1n) is 8.61. The van der Waals surface area contributed by atoms with Crippen LogP contribution in [0.3, 0.4) is 0 Å². The largest absolute Gasteiger partial charge is 0.356 e. The zero-order chi connectivity index (χ0) is 18.0. The highest BCUT2D eigenvalue weighted by Crippen LogP contribution is 2.15. The number of halogens is 1. The van der Waals surface area contributed by atoms with Crippen molar-refractivity contribution >= 4 is 39.8 Å². The highest BCUT2D eigenvalue weighted by atomic mass is 127. The Kier molecular flexibility index (Phi) is 12.1. The van der Waals surface area contributed by atoms with Crippen molar-refractivity contribution in [1.29, 1.82) is 0 Å². The van der Waals surface area contributed by atoms with Crippen molar-refractivity contribution in [3.8, 4) is 0 Å². The van der Waals surface area contributed by atoms with Crippen LogP contribution in [0.4, 0.5) is 0 Å². The lowest BCUT2D eigenvalue weighted by atomic mass is 10.0. The highest BCUT2D eigenvalue weighted by Gasteiger charge is 2.07. The van der Waals surface area contributed by atoms with Crippen molar-refractivity contribution in [2.24, 2.45) is 4.99 Å². The summed E-state index contributed by atoms with van der Waals surface area (Å²) in [6, 6.07) is 8.78. The molecule has 5 nitrogen and oxygen atoms in total. The number of nitrogens with zero attached hydrogens (tertiary/aromatic N) is 1. The SMILES string of the molecule is CCS(=O)(=O)CCNC(=NC)NCCCc1ccc(C(C)C)cc1.I.